The van der Waals surface area contributed by atoms with Gasteiger partial charge in [-0.2, -0.15) is 5.10 Å². The molecule has 4 heterocycles. The van der Waals surface area contributed by atoms with Crippen LogP contribution in [0.15, 0.2) is 29.7 Å². The van der Waals surface area contributed by atoms with Crippen LogP contribution in [0.5, 0.6) is 0 Å². The third-order valence-electron chi connectivity index (χ3n) is 4.31. The molecule has 1 fully saturated rings. The van der Waals surface area contributed by atoms with Crippen LogP contribution in [0.3, 0.4) is 0 Å². The predicted octanol–water partition coefficient (Wildman–Crippen LogP) is 0.501. The van der Waals surface area contributed by atoms with Crippen molar-refractivity contribution in [1.82, 2.24) is 29.7 Å². The molecule has 0 saturated carbocycles. The zero-order valence-corrected chi connectivity index (χ0v) is 13.7. The van der Waals surface area contributed by atoms with Gasteiger partial charge in [0.25, 0.3) is 12.0 Å². The van der Waals surface area contributed by atoms with E-state index in [-0.39, 0.29) is 0 Å². The number of rotatable bonds is 4. The van der Waals surface area contributed by atoms with Gasteiger partial charge in [-0.15, -0.1) is 0 Å². The van der Waals surface area contributed by atoms with Crippen molar-refractivity contribution in [2.45, 2.75) is 13.0 Å². The van der Waals surface area contributed by atoms with Crippen LogP contribution in [0.25, 0.3) is 11.2 Å². The van der Waals surface area contributed by atoms with Crippen molar-refractivity contribution < 1.29 is 8.78 Å². The Morgan fingerprint density at radius 2 is 1.88 bits per heavy atom. The van der Waals surface area contributed by atoms with Gasteiger partial charge >= 0.3 is 0 Å². The van der Waals surface area contributed by atoms with Gasteiger partial charge in [-0.1, -0.05) is 0 Å². The highest BCUT2D eigenvalue weighted by Crippen LogP contribution is 2.22. The predicted molar refractivity (Wildman–Crippen MR) is 90.6 cm³/mol. The van der Waals surface area contributed by atoms with E-state index in [2.05, 4.69) is 29.9 Å². The van der Waals surface area contributed by atoms with E-state index in [0.29, 0.717) is 37.5 Å². The van der Waals surface area contributed by atoms with Crippen LogP contribution >= 0.6 is 0 Å². The maximum atomic E-state index is 12.4. The minimum atomic E-state index is -2.61. The maximum Gasteiger partial charge on any atom is 0.269 e. The number of alkyl halides is 2. The smallest absolute Gasteiger partial charge is 0.269 e. The molecule has 1 aliphatic rings. The van der Waals surface area contributed by atoms with E-state index >= 15 is 0 Å². The highest BCUT2D eigenvalue weighted by Gasteiger charge is 2.21. The summed E-state index contributed by atoms with van der Waals surface area (Å²) in [6.45, 7) is 1.98. The maximum absolute atomic E-state index is 12.4. The summed E-state index contributed by atoms with van der Waals surface area (Å²) >= 11 is 0. The van der Waals surface area contributed by atoms with Gasteiger partial charge in [0, 0.05) is 32.2 Å². The number of imidazole rings is 1. The fraction of sp³-hybridized carbons (Fsp3) is 0.400. The standard InChI is InChI=1S/C15H16F2N8O/c16-11(17)7-25-12(26)5-10(6-22-25)23-1-3-24(4-2-23)15-13-14(19-8-18-13)20-9-21-15/h5-6,8-9,11H,1-4,7H2,(H,18,19,20,21). The van der Waals surface area contributed by atoms with Crippen molar-refractivity contribution in [3.05, 3.63) is 35.3 Å². The van der Waals surface area contributed by atoms with Crippen molar-refractivity contribution in [1.29, 1.82) is 0 Å². The summed E-state index contributed by atoms with van der Waals surface area (Å²) in [6, 6.07) is 1.35. The lowest BCUT2D eigenvalue weighted by Crippen LogP contribution is -2.47. The van der Waals surface area contributed by atoms with E-state index in [0.717, 1.165) is 16.0 Å². The molecule has 26 heavy (non-hydrogen) atoms. The van der Waals surface area contributed by atoms with Gasteiger partial charge in [-0.25, -0.2) is 28.4 Å². The molecule has 0 aliphatic carbocycles. The first-order valence-electron chi connectivity index (χ1n) is 8.11. The van der Waals surface area contributed by atoms with E-state index in [1.54, 1.807) is 6.33 Å². The Hall–Kier alpha value is -3.11. The first kappa shape index (κ1) is 16.4. The summed E-state index contributed by atoms with van der Waals surface area (Å²) in [5.41, 5.74) is 1.51. The Labute approximate surface area is 146 Å². The Balaban J connectivity index is 1.48. The molecule has 0 atom stereocenters. The number of fused-ring (bicyclic) bond motifs is 1. The number of hydrogen-bond donors (Lipinski definition) is 1. The Kier molecular flexibility index (Phi) is 4.19. The Bertz CT molecular complexity index is 963. The van der Waals surface area contributed by atoms with Gasteiger partial charge in [-0.05, 0) is 0 Å². The number of anilines is 2. The van der Waals surface area contributed by atoms with Crippen molar-refractivity contribution in [3.8, 4) is 0 Å². The van der Waals surface area contributed by atoms with Crippen molar-refractivity contribution in [3.63, 3.8) is 0 Å². The number of aromatic amines is 1. The lowest BCUT2D eigenvalue weighted by Gasteiger charge is -2.36. The topological polar surface area (TPSA) is 95.8 Å². The fourth-order valence-corrected chi connectivity index (χ4v) is 3.03. The molecule has 1 saturated heterocycles. The second kappa shape index (κ2) is 6.65. The quantitative estimate of drug-likeness (QED) is 0.722. The summed E-state index contributed by atoms with van der Waals surface area (Å²) in [6.07, 6.45) is 1.91. The minimum Gasteiger partial charge on any atom is -0.367 e. The molecule has 11 heteroatoms. The van der Waals surface area contributed by atoms with Crippen LogP contribution in [0.1, 0.15) is 0 Å². The lowest BCUT2D eigenvalue weighted by atomic mass is 10.2. The van der Waals surface area contributed by atoms with E-state index in [1.807, 2.05) is 4.90 Å². The molecular formula is C15H16F2N8O. The first-order chi connectivity index (χ1) is 12.6. The van der Waals surface area contributed by atoms with E-state index < -0.39 is 18.5 Å². The summed E-state index contributed by atoms with van der Waals surface area (Å²) in [5, 5.41) is 3.84. The zero-order chi connectivity index (χ0) is 18.1. The molecule has 1 aliphatic heterocycles. The zero-order valence-electron chi connectivity index (χ0n) is 13.7. The highest BCUT2D eigenvalue weighted by molar-refractivity contribution is 5.82. The molecular weight excluding hydrogens is 346 g/mol. The largest absolute Gasteiger partial charge is 0.367 e. The molecule has 0 radical (unpaired) electrons. The van der Waals surface area contributed by atoms with Gasteiger partial charge in [0.05, 0.1) is 18.2 Å². The number of halogens is 2. The molecule has 0 amide bonds. The Morgan fingerprint density at radius 3 is 2.62 bits per heavy atom. The lowest BCUT2D eigenvalue weighted by molar-refractivity contribution is 0.119. The van der Waals surface area contributed by atoms with Crippen LogP contribution in [0, 0.1) is 0 Å². The number of piperazine rings is 1. The number of H-pyrrole nitrogens is 1. The molecule has 3 aromatic heterocycles. The third-order valence-corrected chi connectivity index (χ3v) is 4.31. The monoisotopic (exact) mass is 362 g/mol. The van der Waals surface area contributed by atoms with E-state index in [9.17, 15) is 13.6 Å². The van der Waals surface area contributed by atoms with Crippen molar-refractivity contribution >= 4 is 22.7 Å². The molecule has 0 bridgehead atoms. The number of nitrogens with zero attached hydrogens (tertiary/aromatic N) is 7. The molecule has 136 valence electrons. The molecule has 1 N–H and O–H groups in total. The van der Waals surface area contributed by atoms with Crippen LogP contribution in [-0.4, -0.2) is 62.3 Å². The van der Waals surface area contributed by atoms with Crippen molar-refractivity contribution in [2.75, 3.05) is 36.0 Å². The van der Waals surface area contributed by atoms with Crippen LogP contribution < -0.4 is 15.4 Å². The minimum absolute atomic E-state index is 0.528. The molecule has 9 nitrogen and oxygen atoms in total. The molecule has 3 aromatic rings. The number of hydrogen-bond acceptors (Lipinski definition) is 7. The highest BCUT2D eigenvalue weighted by atomic mass is 19.3. The first-order valence-corrected chi connectivity index (χ1v) is 8.11. The molecule has 0 unspecified atom stereocenters. The molecule has 4 rings (SSSR count). The second-order valence-electron chi connectivity index (χ2n) is 5.90. The van der Waals surface area contributed by atoms with Gasteiger partial charge in [-0.3, -0.25) is 4.79 Å². The van der Waals surface area contributed by atoms with Crippen molar-refractivity contribution in [2.24, 2.45) is 0 Å². The molecule has 0 aromatic carbocycles. The van der Waals surface area contributed by atoms with Gasteiger partial charge < -0.3 is 14.8 Å². The van der Waals surface area contributed by atoms with Gasteiger partial charge in [0.15, 0.2) is 11.5 Å². The average molecular weight is 362 g/mol. The SMILES string of the molecule is O=c1cc(N2CCN(c3ncnc4nc[nH]c34)CC2)cnn1CC(F)F. The average Bonchev–Trinajstić information content (AvgIpc) is 3.12. The van der Waals surface area contributed by atoms with Crippen LogP contribution in [-0.2, 0) is 6.54 Å². The third kappa shape index (κ3) is 3.07. The van der Waals surface area contributed by atoms with E-state index in [4.69, 9.17) is 0 Å². The van der Waals surface area contributed by atoms with Gasteiger partial charge in [0.2, 0.25) is 0 Å². The summed E-state index contributed by atoms with van der Waals surface area (Å²) in [7, 11) is 0. The summed E-state index contributed by atoms with van der Waals surface area (Å²) < 4.78 is 25.6. The molecule has 0 spiro atoms. The number of aromatic nitrogens is 6. The van der Waals surface area contributed by atoms with Crippen LogP contribution in [0.4, 0.5) is 20.3 Å². The number of nitrogens with one attached hydrogen (secondary N) is 1. The summed E-state index contributed by atoms with van der Waals surface area (Å²) in [5.74, 6) is 0.789. The second-order valence-corrected chi connectivity index (χ2v) is 5.90. The Morgan fingerprint density at radius 1 is 1.12 bits per heavy atom. The van der Waals surface area contributed by atoms with E-state index in [1.165, 1.54) is 18.6 Å². The normalized spacial score (nSPS) is 15.2. The fourth-order valence-electron chi connectivity index (χ4n) is 3.03. The van der Waals surface area contributed by atoms with Crippen LogP contribution in [0.2, 0.25) is 0 Å². The summed E-state index contributed by atoms with van der Waals surface area (Å²) in [4.78, 5) is 31.7. The van der Waals surface area contributed by atoms with Gasteiger partial charge in [0.1, 0.15) is 18.4 Å².